The minimum Gasteiger partial charge on any atom is -0.444 e. The first-order valence-corrected chi connectivity index (χ1v) is 15.5. The van der Waals surface area contributed by atoms with Gasteiger partial charge in [-0.1, -0.05) is 38.1 Å². The van der Waals surface area contributed by atoms with Crippen LogP contribution in [0.2, 0.25) is 0 Å². The molecule has 0 bridgehead atoms. The van der Waals surface area contributed by atoms with Gasteiger partial charge in [0.05, 0.1) is 0 Å². The lowest BCUT2D eigenvalue weighted by Crippen LogP contribution is -2.48. The molecule has 256 valence electrons. The molecule has 3 amide bonds. The Kier molecular flexibility index (Phi) is 13.9. The van der Waals surface area contributed by atoms with E-state index in [1.54, 1.807) is 76.8 Å². The van der Waals surface area contributed by atoms with E-state index < -0.39 is 35.1 Å². The summed E-state index contributed by atoms with van der Waals surface area (Å²) in [5.41, 5.74) is 11.9. The summed E-state index contributed by atoms with van der Waals surface area (Å²) in [5.74, 6) is -1.01. The standard InChI is InChI=1S/C32H42FN7O5.C2H6/c1-31(2,3)44-29(42)38-28(39-30(43)45-32(4,5)6)40-17-14-21(15-18-40)24-12-9-22(19-25(24)33)26(41)37-23-10-7-20(8-11-23)13-16-36-27(34)35;1-2/h7-12,14,19H,13,15-18H2,1-6H3,(H,37,41)(H4,34,35,36)(H,38,39,42,43);1-2H3. The molecule has 13 heteroatoms. The highest BCUT2D eigenvalue weighted by Crippen LogP contribution is 2.26. The summed E-state index contributed by atoms with van der Waals surface area (Å²) >= 11 is 0. The van der Waals surface area contributed by atoms with Crippen molar-refractivity contribution in [2.24, 2.45) is 21.5 Å². The van der Waals surface area contributed by atoms with Gasteiger partial charge in [0.2, 0.25) is 5.96 Å². The number of rotatable bonds is 6. The maximum Gasteiger partial charge on any atom is 0.437 e. The second-order valence-electron chi connectivity index (χ2n) is 12.4. The number of nitrogens with one attached hydrogen (secondary N) is 2. The molecular weight excluding hydrogens is 605 g/mol. The zero-order valence-corrected chi connectivity index (χ0v) is 28.6. The van der Waals surface area contributed by atoms with Crippen molar-refractivity contribution in [1.82, 2.24) is 10.2 Å². The van der Waals surface area contributed by atoms with E-state index in [-0.39, 0.29) is 24.0 Å². The SMILES string of the molecule is CC.CC(C)(C)OC(=O)/N=C(/NC(=O)OC(C)(C)C)N1CC=C(c2ccc(C(=O)Nc3ccc(CCN=C(N)N)cc3)cc2F)CC1. The molecule has 0 unspecified atom stereocenters. The molecule has 47 heavy (non-hydrogen) atoms. The number of carbonyl (C=O) groups is 3. The molecule has 1 aliphatic heterocycles. The summed E-state index contributed by atoms with van der Waals surface area (Å²) in [6.45, 7) is 15.3. The number of amides is 3. The van der Waals surface area contributed by atoms with Crippen LogP contribution in [0.1, 0.15) is 83.3 Å². The molecule has 0 saturated carbocycles. The molecular formula is C34H48FN7O5. The second kappa shape index (κ2) is 17.1. The Morgan fingerprint density at radius 3 is 2.13 bits per heavy atom. The van der Waals surface area contributed by atoms with Crippen LogP contribution in [0.3, 0.4) is 0 Å². The number of alkyl carbamates (subject to hydrolysis) is 1. The lowest BCUT2D eigenvalue weighted by Gasteiger charge is -2.30. The highest BCUT2D eigenvalue weighted by molar-refractivity contribution is 6.04. The van der Waals surface area contributed by atoms with Crippen LogP contribution < -0.4 is 22.1 Å². The van der Waals surface area contributed by atoms with Crippen LogP contribution >= 0.6 is 0 Å². The Labute approximate surface area is 276 Å². The lowest BCUT2D eigenvalue weighted by molar-refractivity contribution is 0.0554. The van der Waals surface area contributed by atoms with Crippen LogP contribution in [0, 0.1) is 5.82 Å². The molecule has 0 fully saturated rings. The van der Waals surface area contributed by atoms with Gasteiger partial charge < -0.3 is 31.2 Å². The predicted molar refractivity (Wildman–Crippen MR) is 184 cm³/mol. The summed E-state index contributed by atoms with van der Waals surface area (Å²) in [7, 11) is 0. The summed E-state index contributed by atoms with van der Waals surface area (Å²) in [5, 5.41) is 5.31. The van der Waals surface area contributed by atoms with Gasteiger partial charge in [-0.15, -0.1) is 4.99 Å². The van der Waals surface area contributed by atoms with Crippen molar-refractivity contribution in [2.75, 3.05) is 25.0 Å². The highest BCUT2D eigenvalue weighted by atomic mass is 19.1. The number of ether oxygens (including phenoxy) is 2. The van der Waals surface area contributed by atoms with Crippen LogP contribution in [0.25, 0.3) is 5.57 Å². The zero-order valence-electron chi connectivity index (χ0n) is 28.6. The number of hydrogen-bond acceptors (Lipinski definition) is 6. The third-order valence-corrected chi connectivity index (χ3v) is 6.20. The van der Waals surface area contributed by atoms with E-state index in [0.717, 1.165) is 5.56 Å². The fourth-order valence-electron chi connectivity index (χ4n) is 4.24. The fraction of sp³-hybridized carbons (Fsp3) is 0.441. The summed E-state index contributed by atoms with van der Waals surface area (Å²) < 4.78 is 25.9. The molecule has 0 radical (unpaired) electrons. The number of nitrogens with two attached hydrogens (primary N) is 2. The predicted octanol–water partition coefficient (Wildman–Crippen LogP) is 5.83. The van der Waals surface area contributed by atoms with Gasteiger partial charge in [0.1, 0.15) is 17.0 Å². The van der Waals surface area contributed by atoms with Crippen molar-refractivity contribution < 1.29 is 28.2 Å². The molecule has 6 N–H and O–H groups in total. The van der Waals surface area contributed by atoms with E-state index in [2.05, 4.69) is 20.6 Å². The first-order valence-electron chi connectivity index (χ1n) is 15.5. The number of anilines is 1. The molecule has 2 aromatic rings. The maximum absolute atomic E-state index is 15.3. The average Bonchev–Trinajstić information content (AvgIpc) is 2.97. The number of benzene rings is 2. The average molecular weight is 654 g/mol. The molecule has 0 saturated heterocycles. The lowest BCUT2D eigenvalue weighted by atomic mass is 9.97. The van der Waals surface area contributed by atoms with Gasteiger partial charge in [-0.3, -0.25) is 15.1 Å². The third-order valence-electron chi connectivity index (χ3n) is 6.20. The van der Waals surface area contributed by atoms with E-state index in [0.29, 0.717) is 42.8 Å². The Morgan fingerprint density at radius 2 is 1.60 bits per heavy atom. The monoisotopic (exact) mass is 653 g/mol. The van der Waals surface area contributed by atoms with Crippen molar-refractivity contribution >= 4 is 41.3 Å². The van der Waals surface area contributed by atoms with Crippen molar-refractivity contribution in [3.8, 4) is 0 Å². The van der Waals surface area contributed by atoms with Crippen LogP contribution in [-0.2, 0) is 15.9 Å². The number of nitrogens with zero attached hydrogens (tertiary/aromatic N) is 3. The number of guanidine groups is 2. The molecule has 12 nitrogen and oxygen atoms in total. The first-order chi connectivity index (χ1) is 22.0. The van der Waals surface area contributed by atoms with E-state index in [1.165, 1.54) is 6.07 Å². The molecule has 2 aromatic carbocycles. The van der Waals surface area contributed by atoms with Gasteiger partial charge in [-0.2, -0.15) is 0 Å². The van der Waals surface area contributed by atoms with Crippen molar-refractivity contribution in [3.63, 3.8) is 0 Å². The molecule has 1 heterocycles. The maximum atomic E-state index is 15.3. The topological polar surface area (TPSA) is 174 Å². The molecule has 1 aliphatic rings. The van der Waals surface area contributed by atoms with Crippen LogP contribution in [0.15, 0.2) is 58.5 Å². The van der Waals surface area contributed by atoms with E-state index in [4.69, 9.17) is 20.9 Å². The quantitative estimate of drug-likeness (QED) is 0.223. The van der Waals surface area contributed by atoms with Gasteiger partial charge in [0.25, 0.3) is 5.91 Å². The molecule has 0 atom stereocenters. The van der Waals surface area contributed by atoms with Crippen molar-refractivity contribution in [3.05, 3.63) is 71.0 Å². The van der Waals surface area contributed by atoms with Crippen molar-refractivity contribution in [2.45, 2.75) is 79.4 Å². The number of halogens is 1. The molecule has 0 aromatic heterocycles. The summed E-state index contributed by atoms with van der Waals surface area (Å²) in [4.78, 5) is 47.3. The van der Waals surface area contributed by atoms with Gasteiger partial charge in [-0.05, 0) is 89.8 Å². The fourth-order valence-corrected chi connectivity index (χ4v) is 4.24. The number of carbonyl (C=O) groups excluding carboxylic acids is 3. The largest absolute Gasteiger partial charge is 0.444 e. The van der Waals surface area contributed by atoms with Crippen LogP contribution in [-0.4, -0.2) is 65.7 Å². The Bertz CT molecular complexity index is 1490. The molecule has 0 spiro atoms. The number of aliphatic imine (C=N–C) groups is 2. The Hall–Kier alpha value is -4.94. The highest BCUT2D eigenvalue weighted by Gasteiger charge is 2.25. The van der Waals surface area contributed by atoms with E-state index in [1.807, 2.05) is 26.0 Å². The van der Waals surface area contributed by atoms with E-state index in [9.17, 15) is 14.4 Å². The van der Waals surface area contributed by atoms with Gasteiger partial charge >= 0.3 is 12.2 Å². The van der Waals surface area contributed by atoms with Gasteiger partial charge in [-0.25, -0.2) is 14.0 Å². The summed E-state index contributed by atoms with van der Waals surface area (Å²) in [6.07, 6.45) is 1.14. The van der Waals surface area contributed by atoms with Crippen molar-refractivity contribution in [1.29, 1.82) is 0 Å². The zero-order chi connectivity index (χ0) is 35.4. The molecule has 3 rings (SSSR count). The third kappa shape index (κ3) is 13.5. The number of hydrogen-bond donors (Lipinski definition) is 4. The normalized spacial score (nSPS) is 13.3. The first kappa shape index (κ1) is 38.2. The van der Waals surface area contributed by atoms with Crippen LogP contribution in [0.4, 0.5) is 19.7 Å². The minimum atomic E-state index is -0.873. The Morgan fingerprint density at radius 1 is 0.957 bits per heavy atom. The minimum absolute atomic E-state index is 0.0327. The van der Waals surface area contributed by atoms with Crippen LogP contribution in [0.5, 0.6) is 0 Å². The van der Waals surface area contributed by atoms with E-state index >= 15 is 4.39 Å². The second-order valence-corrected chi connectivity index (χ2v) is 12.4. The summed E-state index contributed by atoms with van der Waals surface area (Å²) in [6, 6.07) is 11.5. The molecule has 0 aliphatic carbocycles. The van der Waals surface area contributed by atoms with Gasteiger partial charge in [0, 0.05) is 36.4 Å². The Balaban J connectivity index is 0.00000376. The van der Waals surface area contributed by atoms with Gasteiger partial charge in [0.15, 0.2) is 5.96 Å². The smallest absolute Gasteiger partial charge is 0.437 e.